The van der Waals surface area contributed by atoms with Crippen molar-refractivity contribution in [2.75, 3.05) is 4.90 Å². The first-order chi connectivity index (χ1) is 25.3. The van der Waals surface area contributed by atoms with E-state index in [-0.39, 0.29) is 0 Å². The quantitative estimate of drug-likeness (QED) is 0.168. The second-order valence-electron chi connectivity index (χ2n) is 13.3. The van der Waals surface area contributed by atoms with Crippen LogP contribution in [0.5, 0.6) is 0 Å². The van der Waals surface area contributed by atoms with Crippen molar-refractivity contribution in [1.29, 1.82) is 0 Å². The molecule has 10 aromatic carbocycles. The lowest BCUT2D eigenvalue weighted by Gasteiger charge is -2.26. The van der Waals surface area contributed by atoms with Crippen LogP contribution < -0.4 is 4.90 Å². The Bertz CT molecular complexity index is 2890. The van der Waals surface area contributed by atoms with Crippen LogP contribution in [0.4, 0.5) is 17.1 Å². The van der Waals surface area contributed by atoms with Gasteiger partial charge in [-0.1, -0.05) is 152 Å². The fraction of sp³-hybridized carbons (Fsp3) is 0. The largest absolute Gasteiger partial charge is 0.311 e. The summed E-state index contributed by atoms with van der Waals surface area (Å²) in [6.07, 6.45) is 0. The number of rotatable bonds is 5. The van der Waals surface area contributed by atoms with Crippen molar-refractivity contribution in [3.63, 3.8) is 0 Å². The van der Waals surface area contributed by atoms with E-state index >= 15 is 0 Å². The summed E-state index contributed by atoms with van der Waals surface area (Å²) in [4.78, 5) is 2.34. The monoisotopic (exact) mass is 647 g/mol. The molecule has 0 atom stereocenters. The van der Waals surface area contributed by atoms with Gasteiger partial charge in [0.2, 0.25) is 0 Å². The Morgan fingerprint density at radius 2 is 0.745 bits per heavy atom. The summed E-state index contributed by atoms with van der Waals surface area (Å²) >= 11 is 0. The van der Waals surface area contributed by atoms with E-state index in [0.29, 0.717) is 0 Å². The highest BCUT2D eigenvalue weighted by molar-refractivity contribution is 6.20. The molecule has 0 amide bonds. The van der Waals surface area contributed by atoms with Crippen molar-refractivity contribution in [3.8, 4) is 22.3 Å². The van der Waals surface area contributed by atoms with E-state index < -0.39 is 0 Å². The van der Waals surface area contributed by atoms with E-state index in [1.807, 2.05) is 0 Å². The van der Waals surface area contributed by atoms with E-state index in [9.17, 15) is 0 Å². The molecule has 1 nitrogen and oxygen atoms in total. The Labute approximate surface area is 297 Å². The highest BCUT2D eigenvalue weighted by atomic mass is 15.1. The van der Waals surface area contributed by atoms with Crippen LogP contribution in [0, 0.1) is 0 Å². The molecule has 0 spiro atoms. The van der Waals surface area contributed by atoms with Crippen molar-refractivity contribution in [2.24, 2.45) is 0 Å². The predicted octanol–water partition coefficient (Wildman–Crippen LogP) is 14.3. The first kappa shape index (κ1) is 29.2. The molecule has 0 bridgehead atoms. The highest BCUT2D eigenvalue weighted by Crippen LogP contribution is 2.40. The lowest BCUT2D eigenvalue weighted by molar-refractivity contribution is 1.28. The maximum absolute atomic E-state index is 2.34. The molecule has 0 aliphatic heterocycles. The van der Waals surface area contributed by atoms with Gasteiger partial charge in [0.1, 0.15) is 0 Å². The molecule has 51 heavy (non-hydrogen) atoms. The molecule has 0 aliphatic rings. The Balaban J connectivity index is 1.02. The second kappa shape index (κ2) is 12.0. The van der Waals surface area contributed by atoms with Crippen LogP contribution in [-0.4, -0.2) is 0 Å². The van der Waals surface area contributed by atoms with Crippen molar-refractivity contribution in [3.05, 3.63) is 200 Å². The van der Waals surface area contributed by atoms with Gasteiger partial charge in [0, 0.05) is 17.1 Å². The van der Waals surface area contributed by atoms with Gasteiger partial charge in [-0.3, -0.25) is 0 Å². The zero-order valence-electron chi connectivity index (χ0n) is 28.0. The summed E-state index contributed by atoms with van der Waals surface area (Å²) in [6, 6.07) is 72.9. The van der Waals surface area contributed by atoms with Crippen LogP contribution in [0.1, 0.15) is 0 Å². The maximum Gasteiger partial charge on any atom is 0.0462 e. The fourth-order valence-electron chi connectivity index (χ4n) is 7.93. The molecule has 0 unspecified atom stereocenters. The molecule has 0 fully saturated rings. The van der Waals surface area contributed by atoms with E-state index in [1.165, 1.54) is 76.1 Å². The van der Waals surface area contributed by atoms with Gasteiger partial charge in [-0.25, -0.2) is 0 Å². The minimum atomic E-state index is 1.12. The smallest absolute Gasteiger partial charge is 0.0462 e. The molecular weight excluding hydrogens is 615 g/mol. The predicted molar refractivity (Wildman–Crippen MR) is 220 cm³/mol. The van der Waals surface area contributed by atoms with Crippen molar-refractivity contribution in [1.82, 2.24) is 0 Å². The molecule has 0 aliphatic carbocycles. The molecular formula is C50H33N. The van der Waals surface area contributed by atoms with Crippen LogP contribution in [0.25, 0.3) is 76.1 Å². The summed E-state index contributed by atoms with van der Waals surface area (Å²) in [5.41, 5.74) is 8.24. The standard InChI is InChI=1S/C50H33N/c1-2-12-41(13-3-1)51(43-29-24-36(25-30-43)49-33-39-11-5-6-14-44(39)47-16-8-9-17-48(47)49)42-27-22-34(23-28-42)38-26-31-46-40(32-38)21-20-37-19-18-35-10-4-7-15-45(35)50(37)46/h1-33H. The average molecular weight is 648 g/mol. The third-order valence-electron chi connectivity index (χ3n) is 10.4. The summed E-state index contributed by atoms with van der Waals surface area (Å²) in [6.45, 7) is 0. The Kier molecular flexibility index (Phi) is 6.89. The Hall–Kier alpha value is -6.70. The third kappa shape index (κ3) is 5.02. The molecule has 10 rings (SSSR count). The lowest BCUT2D eigenvalue weighted by Crippen LogP contribution is -2.09. The van der Waals surface area contributed by atoms with Gasteiger partial charge >= 0.3 is 0 Å². The van der Waals surface area contributed by atoms with Crippen molar-refractivity contribution >= 4 is 70.9 Å². The number of para-hydroxylation sites is 1. The molecule has 238 valence electrons. The van der Waals surface area contributed by atoms with E-state index in [4.69, 9.17) is 0 Å². The van der Waals surface area contributed by atoms with Gasteiger partial charge in [-0.05, 0) is 125 Å². The van der Waals surface area contributed by atoms with E-state index in [1.54, 1.807) is 0 Å². The summed E-state index contributed by atoms with van der Waals surface area (Å²) in [7, 11) is 0. The van der Waals surface area contributed by atoms with E-state index in [0.717, 1.165) is 17.1 Å². The number of fused-ring (bicyclic) bond motifs is 8. The first-order valence-corrected chi connectivity index (χ1v) is 17.6. The first-order valence-electron chi connectivity index (χ1n) is 17.6. The number of nitrogens with zero attached hydrogens (tertiary/aromatic N) is 1. The molecule has 1 heteroatoms. The lowest BCUT2D eigenvalue weighted by atomic mass is 9.93. The Morgan fingerprint density at radius 3 is 1.49 bits per heavy atom. The van der Waals surface area contributed by atoms with E-state index in [2.05, 4.69) is 205 Å². The number of hydrogen-bond donors (Lipinski definition) is 0. The fourth-order valence-corrected chi connectivity index (χ4v) is 7.93. The van der Waals surface area contributed by atoms with Gasteiger partial charge in [-0.15, -0.1) is 0 Å². The minimum Gasteiger partial charge on any atom is -0.311 e. The average Bonchev–Trinajstić information content (AvgIpc) is 3.21. The molecule has 0 heterocycles. The maximum atomic E-state index is 2.34. The van der Waals surface area contributed by atoms with Gasteiger partial charge in [0.05, 0.1) is 0 Å². The van der Waals surface area contributed by atoms with Gasteiger partial charge in [0.15, 0.2) is 0 Å². The van der Waals surface area contributed by atoms with Crippen LogP contribution in [-0.2, 0) is 0 Å². The molecule has 0 saturated carbocycles. The molecule has 0 aromatic heterocycles. The molecule has 0 N–H and O–H groups in total. The zero-order valence-corrected chi connectivity index (χ0v) is 28.0. The number of hydrogen-bond acceptors (Lipinski definition) is 1. The highest BCUT2D eigenvalue weighted by Gasteiger charge is 2.15. The summed E-state index contributed by atoms with van der Waals surface area (Å²) in [5.74, 6) is 0. The van der Waals surface area contributed by atoms with Crippen molar-refractivity contribution < 1.29 is 0 Å². The molecule has 0 radical (unpaired) electrons. The number of benzene rings is 10. The van der Waals surface area contributed by atoms with Gasteiger partial charge in [-0.2, -0.15) is 0 Å². The van der Waals surface area contributed by atoms with Crippen LogP contribution in [0.2, 0.25) is 0 Å². The number of anilines is 3. The normalized spacial score (nSPS) is 11.5. The SMILES string of the molecule is c1ccc(N(c2ccc(-c3ccc4c(ccc5ccc6ccccc6c54)c3)cc2)c2ccc(-c3cc4ccccc4c4ccccc34)cc2)cc1. The van der Waals surface area contributed by atoms with Crippen LogP contribution in [0.3, 0.4) is 0 Å². The molecule has 0 saturated heterocycles. The third-order valence-corrected chi connectivity index (χ3v) is 10.4. The second-order valence-corrected chi connectivity index (χ2v) is 13.3. The van der Waals surface area contributed by atoms with Crippen LogP contribution >= 0.6 is 0 Å². The summed E-state index contributed by atoms with van der Waals surface area (Å²) in [5, 5.41) is 12.8. The minimum absolute atomic E-state index is 1.12. The van der Waals surface area contributed by atoms with Crippen molar-refractivity contribution in [2.45, 2.75) is 0 Å². The zero-order chi connectivity index (χ0) is 33.7. The molecule has 10 aromatic rings. The van der Waals surface area contributed by atoms with Gasteiger partial charge < -0.3 is 4.90 Å². The van der Waals surface area contributed by atoms with Gasteiger partial charge in [0.25, 0.3) is 0 Å². The summed E-state index contributed by atoms with van der Waals surface area (Å²) < 4.78 is 0. The topological polar surface area (TPSA) is 3.24 Å². The van der Waals surface area contributed by atoms with Crippen LogP contribution in [0.15, 0.2) is 200 Å². The Morgan fingerprint density at radius 1 is 0.255 bits per heavy atom.